The molecule has 5 aromatic rings. The number of H-pyrrole nitrogens is 1. The molecular weight excluding hydrogens is 440 g/mol. The van der Waals surface area contributed by atoms with E-state index in [1.54, 1.807) is 24.1 Å². The molecule has 0 bridgehead atoms. The van der Waals surface area contributed by atoms with Gasteiger partial charge in [0.2, 0.25) is 5.91 Å². The van der Waals surface area contributed by atoms with Crippen LogP contribution in [0.3, 0.4) is 0 Å². The van der Waals surface area contributed by atoms with Crippen LogP contribution >= 0.6 is 0 Å². The minimum absolute atomic E-state index is 0.0660. The van der Waals surface area contributed by atoms with Crippen molar-refractivity contribution < 1.29 is 9.53 Å². The third-order valence-corrected chi connectivity index (χ3v) is 6.74. The quantitative estimate of drug-likeness (QED) is 0.398. The first-order chi connectivity index (χ1) is 16.8. The Labute approximate surface area is 202 Å². The molecule has 0 spiro atoms. The number of nitrogens with zero attached hydrogens (tertiary/aromatic N) is 2. The van der Waals surface area contributed by atoms with Crippen LogP contribution in [0.15, 0.2) is 59.7 Å². The van der Waals surface area contributed by atoms with E-state index in [2.05, 4.69) is 16.9 Å². The third kappa shape index (κ3) is 3.56. The summed E-state index contributed by atoms with van der Waals surface area (Å²) in [7, 11) is 1.59. The van der Waals surface area contributed by atoms with Crippen molar-refractivity contribution in [3.05, 3.63) is 87.6 Å². The van der Waals surface area contributed by atoms with E-state index in [0.29, 0.717) is 16.7 Å². The smallest absolute Gasteiger partial charge is 0.265 e. The molecule has 7 heteroatoms. The number of amides is 1. The van der Waals surface area contributed by atoms with Gasteiger partial charge in [0, 0.05) is 16.6 Å². The summed E-state index contributed by atoms with van der Waals surface area (Å²) in [6, 6.07) is 15.2. The number of hydrogen-bond acceptors (Lipinski definition) is 4. The zero-order chi connectivity index (χ0) is 24.9. The van der Waals surface area contributed by atoms with Gasteiger partial charge in [-0.05, 0) is 67.3 Å². The number of aromatic nitrogens is 3. The summed E-state index contributed by atoms with van der Waals surface area (Å²) >= 11 is 0. The van der Waals surface area contributed by atoms with Crippen molar-refractivity contribution in [1.29, 1.82) is 0 Å². The van der Waals surface area contributed by atoms with Crippen molar-refractivity contribution in [2.75, 3.05) is 7.11 Å². The molecule has 7 nitrogen and oxygen atoms in total. The summed E-state index contributed by atoms with van der Waals surface area (Å²) in [4.78, 5) is 33.0. The molecule has 0 aliphatic rings. The van der Waals surface area contributed by atoms with Crippen molar-refractivity contribution in [2.24, 2.45) is 5.73 Å². The number of benzene rings is 3. The second kappa shape index (κ2) is 8.43. The summed E-state index contributed by atoms with van der Waals surface area (Å²) in [6.07, 6.45) is 1.64. The van der Waals surface area contributed by atoms with Crippen LogP contribution in [-0.4, -0.2) is 27.6 Å². The molecule has 5 rings (SSSR count). The Balaban J connectivity index is 1.80. The zero-order valence-electron chi connectivity index (χ0n) is 20.1. The van der Waals surface area contributed by atoms with E-state index >= 15 is 0 Å². The van der Waals surface area contributed by atoms with Gasteiger partial charge in [-0.25, -0.2) is 4.98 Å². The molecule has 1 amide bonds. The Kier molecular flexibility index (Phi) is 5.40. The lowest BCUT2D eigenvalue weighted by atomic mass is 9.91. The van der Waals surface area contributed by atoms with E-state index in [4.69, 9.17) is 10.5 Å². The predicted octanol–water partition coefficient (Wildman–Crippen LogP) is 4.50. The minimum atomic E-state index is -0.427. The number of methoxy groups -OCH3 is 1. The maximum absolute atomic E-state index is 13.3. The number of ether oxygens (including phenoxy) is 1. The first kappa shape index (κ1) is 22.4. The maximum Gasteiger partial charge on any atom is 0.265 e. The Bertz CT molecular complexity index is 1690. The van der Waals surface area contributed by atoms with Crippen molar-refractivity contribution in [3.8, 4) is 22.6 Å². The fourth-order valence-electron chi connectivity index (χ4n) is 4.86. The standard InChI is InChI=1S/C28H26N4O3/c1-15-17(3)31-27-21(13-25(29)33)24(35-4)12-20(26(15)27)18-9-7-11-23(16(18)2)32-14-30-22-10-6-5-8-19(22)28(32)34/h5-12,14,31H,13H2,1-4H3,(H2,29,33). The molecule has 0 fully saturated rings. The van der Waals surface area contributed by atoms with Crippen LogP contribution in [0.5, 0.6) is 5.75 Å². The van der Waals surface area contributed by atoms with E-state index in [9.17, 15) is 9.59 Å². The van der Waals surface area contributed by atoms with E-state index in [1.807, 2.05) is 56.3 Å². The van der Waals surface area contributed by atoms with Crippen LogP contribution in [0.25, 0.3) is 38.6 Å². The van der Waals surface area contributed by atoms with Crippen LogP contribution in [0.1, 0.15) is 22.4 Å². The van der Waals surface area contributed by atoms with E-state index < -0.39 is 5.91 Å². The van der Waals surface area contributed by atoms with Crippen LogP contribution in [-0.2, 0) is 11.2 Å². The molecule has 3 N–H and O–H groups in total. The summed E-state index contributed by atoms with van der Waals surface area (Å²) in [5, 5.41) is 1.57. The lowest BCUT2D eigenvalue weighted by Crippen LogP contribution is -2.19. The Morgan fingerprint density at radius 3 is 2.57 bits per heavy atom. The zero-order valence-corrected chi connectivity index (χ0v) is 20.1. The Morgan fingerprint density at radius 1 is 1.06 bits per heavy atom. The van der Waals surface area contributed by atoms with Gasteiger partial charge in [-0.2, -0.15) is 0 Å². The molecule has 0 aliphatic heterocycles. The summed E-state index contributed by atoms with van der Waals surface area (Å²) in [5.74, 6) is 0.158. The van der Waals surface area contributed by atoms with Crippen LogP contribution < -0.4 is 16.0 Å². The normalized spacial score (nSPS) is 11.3. The molecule has 2 heterocycles. The Hall–Kier alpha value is -4.39. The lowest BCUT2D eigenvalue weighted by molar-refractivity contribution is -0.117. The fourth-order valence-corrected chi connectivity index (χ4v) is 4.86. The molecule has 2 aromatic heterocycles. The first-order valence-corrected chi connectivity index (χ1v) is 11.4. The average molecular weight is 467 g/mol. The monoisotopic (exact) mass is 466 g/mol. The van der Waals surface area contributed by atoms with E-state index in [-0.39, 0.29) is 12.0 Å². The van der Waals surface area contributed by atoms with E-state index in [1.165, 1.54) is 0 Å². The Morgan fingerprint density at radius 2 is 1.83 bits per heavy atom. The molecule has 0 saturated carbocycles. The maximum atomic E-state index is 13.3. The molecule has 0 radical (unpaired) electrons. The predicted molar refractivity (Wildman–Crippen MR) is 138 cm³/mol. The highest BCUT2D eigenvalue weighted by Crippen LogP contribution is 2.41. The molecular formula is C28H26N4O3. The van der Waals surface area contributed by atoms with Gasteiger partial charge in [-0.1, -0.05) is 24.3 Å². The van der Waals surface area contributed by atoms with Gasteiger partial charge in [0.25, 0.3) is 5.56 Å². The van der Waals surface area contributed by atoms with Crippen molar-refractivity contribution >= 4 is 27.7 Å². The van der Waals surface area contributed by atoms with Crippen LogP contribution in [0, 0.1) is 20.8 Å². The largest absolute Gasteiger partial charge is 0.496 e. The van der Waals surface area contributed by atoms with Gasteiger partial charge in [-0.15, -0.1) is 0 Å². The summed E-state index contributed by atoms with van der Waals surface area (Å²) < 4.78 is 7.28. The highest BCUT2D eigenvalue weighted by Gasteiger charge is 2.21. The summed E-state index contributed by atoms with van der Waals surface area (Å²) in [5.41, 5.74) is 13.3. The first-order valence-electron chi connectivity index (χ1n) is 11.4. The molecule has 0 unspecified atom stereocenters. The minimum Gasteiger partial charge on any atom is -0.496 e. The second-order valence-corrected chi connectivity index (χ2v) is 8.76. The van der Waals surface area contributed by atoms with Crippen LogP contribution in [0.4, 0.5) is 0 Å². The number of para-hydroxylation sites is 1. The molecule has 176 valence electrons. The number of rotatable bonds is 5. The topological polar surface area (TPSA) is 103 Å². The highest BCUT2D eigenvalue weighted by molar-refractivity contribution is 6.03. The molecule has 0 aliphatic carbocycles. The van der Waals surface area contributed by atoms with Gasteiger partial charge in [0.05, 0.1) is 35.6 Å². The van der Waals surface area contributed by atoms with Crippen LogP contribution in [0.2, 0.25) is 0 Å². The molecule has 0 atom stereocenters. The fraction of sp³-hybridized carbons (Fsp3) is 0.179. The highest BCUT2D eigenvalue weighted by atomic mass is 16.5. The van der Waals surface area contributed by atoms with E-state index in [0.717, 1.165) is 50.1 Å². The number of carbonyl (C=O) groups excluding carboxylic acids is 1. The molecule has 0 saturated heterocycles. The number of hydrogen-bond donors (Lipinski definition) is 2. The van der Waals surface area contributed by atoms with Gasteiger partial charge in [0.15, 0.2) is 0 Å². The number of carbonyl (C=O) groups is 1. The lowest BCUT2D eigenvalue weighted by Gasteiger charge is -2.17. The van der Waals surface area contributed by atoms with Gasteiger partial charge >= 0.3 is 0 Å². The SMILES string of the molecule is COc1cc(-c2cccc(-n3cnc4ccccc4c3=O)c2C)c2c(C)c(C)[nH]c2c1CC(N)=O. The number of aromatic amines is 1. The van der Waals surface area contributed by atoms with Crippen molar-refractivity contribution in [2.45, 2.75) is 27.2 Å². The molecule has 35 heavy (non-hydrogen) atoms. The number of nitrogens with two attached hydrogens (primary N) is 1. The third-order valence-electron chi connectivity index (χ3n) is 6.74. The number of primary amides is 1. The van der Waals surface area contributed by atoms with Crippen molar-refractivity contribution in [1.82, 2.24) is 14.5 Å². The average Bonchev–Trinajstić information content (AvgIpc) is 3.14. The number of nitrogens with one attached hydrogen (secondary N) is 1. The van der Waals surface area contributed by atoms with Gasteiger partial charge < -0.3 is 15.5 Å². The van der Waals surface area contributed by atoms with Gasteiger partial charge in [-0.3, -0.25) is 14.2 Å². The number of fused-ring (bicyclic) bond motifs is 2. The number of aryl methyl sites for hydroxylation is 2. The summed E-state index contributed by atoms with van der Waals surface area (Å²) in [6.45, 7) is 6.05. The molecule has 3 aromatic carbocycles. The second-order valence-electron chi connectivity index (χ2n) is 8.76. The van der Waals surface area contributed by atoms with Gasteiger partial charge in [0.1, 0.15) is 12.1 Å². The van der Waals surface area contributed by atoms with Crippen molar-refractivity contribution in [3.63, 3.8) is 0 Å².